The van der Waals surface area contributed by atoms with Gasteiger partial charge in [0.1, 0.15) is 5.82 Å². The Balaban J connectivity index is 2.35. The average molecular weight is 216 g/mol. The fourth-order valence-corrected chi connectivity index (χ4v) is 1.64. The fraction of sp³-hybridized carbons (Fsp3) is 0.154. The number of nitrogens with zero attached hydrogens (tertiary/aromatic N) is 1. The number of hydrogen-bond acceptors (Lipinski definition) is 2. The summed E-state index contributed by atoms with van der Waals surface area (Å²) >= 11 is 0. The van der Waals surface area contributed by atoms with Crippen LogP contribution in [0.25, 0.3) is 0 Å². The highest BCUT2D eigenvalue weighted by molar-refractivity contribution is 5.31. The van der Waals surface area contributed by atoms with Crippen molar-refractivity contribution in [2.75, 3.05) is 0 Å². The van der Waals surface area contributed by atoms with Crippen LogP contribution in [0, 0.1) is 12.7 Å². The number of rotatable bonds is 2. The van der Waals surface area contributed by atoms with Crippen LogP contribution in [0.2, 0.25) is 0 Å². The van der Waals surface area contributed by atoms with Crippen molar-refractivity contribution in [1.82, 2.24) is 4.98 Å². The summed E-state index contributed by atoms with van der Waals surface area (Å²) in [6, 6.07) is 7.97. The molecule has 1 unspecified atom stereocenters. The molecule has 1 aromatic carbocycles. The molecule has 82 valence electrons. The summed E-state index contributed by atoms with van der Waals surface area (Å²) < 4.78 is 13.1. The molecule has 2 N–H and O–H groups in total. The molecule has 1 aromatic heterocycles. The third-order valence-corrected chi connectivity index (χ3v) is 2.46. The predicted octanol–water partition coefficient (Wildman–Crippen LogP) is 2.58. The van der Waals surface area contributed by atoms with E-state index < -0.39 is 0 Å². The first-order valence-electron chi connectivity index (χ1n) is 5.09. The topological polar surface area (TPSA) is 38.9 Å². The van der Waals surface area contributed by atoms with Crippen molar-refractivity contribution in [3.8, 4) is 0 Å². The first-order valence-corrected chi connectivity index (χ1v) is 5.09. The van der Waals surface area contributed by atoms with Gasteiger partial charge in [0, 0.05) is 12.4 Å². The van der Waals surface area contributed by atoms with E-state index in [0.29, 0.717) is 0 Å². The lowest BCUT2D eigenvalue weighted by atomic mass is 10.0. The summed E-state index contributed by atoms with van der Waals surface area (Å²) in [5.41, 5.74) is 8.74. The minimum Gasteiger partial charge on any atom is -0.320 e. The molecule has 0 radical (unpaired) electrons. The lowest BCUT2D eigenvalue weighted by molar-refractivity contribution is 0.623. The van der Waals surface area contributed by atoms with Crippen molar-refractivity contribution in [3.05, 3.63) is 65.2 Å². The summed E-state index contributed by atoms with van der Waals surface area (Å²) in [7, 11) is 0. The number of aryl methyl sites for hydroxylation is 1. The van der Waals surface area contributed by atoms with Crippen LogP contribution in [0.5, 0.6) is 0 Å². The molecule has 0 saturated heterocycles. The molecular weight excluding hydrogens is 203 g/mol. The van der Waals surface area contributed by atoms with E-state index in [1.54, 1.807) is 18.5 Å². The predicted molar refractivity (Wildman–Crippen MR) is 61.4 cm³/mol. The normalized spacial score (nSPS) is 12.4. The molecule has 0 amide bonds. The van der Waals surface area contributed by atoms with Crippen molar-refractivity contribution < 1.29 is 4.39 Å². The number of nitrogens with two attached hydrogens (primary N) is 1. The first-order chi connectivity index (χ1) is 7.66. The Labute approximate surface area is 93.9 Å². The minimum absolute atomic E-state index is 0.270. The van der Waals surface area contributed by atoms with Gasteiger partial charge in [-0.2, -0.15) is 0 Å². The fourth-order valence-electron chi connectivity index (χ4n) is 1.64. The zero-order valence-electron chi connectivity index (χ0n) is 9.02. The second kappa shape index (κ2) is 4.41. The zero-order valence-corrected chi connectivity index (χ0v) is 9.02. The van der Waals surface area contributed by atoms with Gasteiger partial charge < -0.3 is 5.73 Å². The van der Waals surface area contributed by atoms with Gasteiger partial charge in [-0.15, -0.1) is 0 Å². The van der Waals surface area contributed by atoms with E-state index in [2.05, 4.69) is 4.98 Å². The maximum absolute atomic E-state index is 13.1. The Morgan fingerprint density at radius 3 is 2.69 bits per heavy atom. The maximum atomic E-state index is 13.1. The highest BCUT2D eigenvalue weighted by Crippen LogP contribution is 2.19. The van der Waals surface area contributed by atoms with E-state index in [1.807, 2.05) is 19.1 Å². The monoisotopic (exact) mass is 216 g/mol. The van der Waals surface area contributed by atoms with E-state index in [0.717, 1.165) is 16.7 Å². The molecule has 3 heteroatoms. The van der Waals surface area contributed by atoms with Crippen LogP contribution in [0.3, 0.4) is 0 Å². The zero-order chi connectivity index (χ0) is 11.5. The summed E-state index contributed by atoms with van der Waals surface area (Å²) in [4.78, 5) is 4.08. The molecule has 0 spiro atoms. The van der Waals surface area contributed by atoms with E-state index in [1.165, 1.54) is 12.1 Å². The summed E-state index contributed by atoms with van der Waals surface area (Å²) in [6.07, 6.45) is 3.48. The third-order valence-electron chi connectivity index (χ3n) is 2.46. The average Bonchev–Trinajstić information content (AvgIpc) is 2.28. The Morgan fingerprint density at radius 2 is 2.00 bits per heavy atom. The summed E-state index contributed by atoms with van der Waals surface area (Å²) in [5, 5.41) is 0. The molecule has 0 aliphatic carbocycles. The highest BCUT2D eigenvalue weighted by atomic mass is 19.1. The van der Waals surface area contributed by atoms with Gasteiger partial charge in [-0.25, -0.2) is 4.39 Å². The van der Waals surface area contributed by atoms with Crippen LogP contribution in [0.1, 0.15) is 22.7 Å². The molecule has 0 aliphatic rings. The van der Waals surface area contributed by atoms with Crippen LogP contribution in [0.4, 0.5) is 4.39 Å². The smallest absolute Gasteiger partial charge is 0.123 e. The largest absolute Gasteiger partial charge is 0.320 e. The Hall–Kier alpha value is -1.74. The molecule has 0 aliphatic heterocycles. The molecular formula is C13H13FN2. The van der Waals surface area contributed by atoms with Gasteiger partial charge >= 0.3 is 0 Å². The molecule has 0 saturated carbocycles. The molecule has 0 fully saturated rings. The van der Waals surface area contributed by atoms with Gasteiger partial charge in [-0.1, -0.05) is 18.2 Å². The number of halogens is 1. The Morgan fingerprint density at radius 1 is 1.19 bits per heavy atom. The number of hydrogen-bond donors (Lipinski definition) is 1. The number of pyridine rings is 1. The van der Waals surface area contributed by atoms with Crippen molar-refractivity contribution in [2.45, 2.75) is 13.0 Å². The van der Waals surface area contributed by atoms with E-state index in [4.69, 9.17) is 5.73 Å². The molecule has 1 atom stereocenters. The van der Waals surface area contributed by atoms with Crippen molar-refractivity contribution >= 4 is 0 Å². The maximum Gasteiger partial charge on any atom is 0.123 e. The second-order valence-electron chi connectivity index (χ2n) is 3.83. The van der Waals surface area contributed by atoms with E-state index in [-0.39, 0.29) is 11.9 Å². The van der Waals surface area contributed by atoms with Crippen LogP contribution in [-0.4, -0.2) is 4.98 Å². The van der Waals surface area contributed by atoms with E-state index in [9.17, 15) is 4.39 Å². The molecule has 16 heavy (non-hydrogen) atoms. The van der Waals surface area contributed by atoms with Crippen LogP contribution in [-0.2, 0) is 0 Å². The van der Waals surface area contributed by atoms with Gasteiger partial charge in [-0.05, 0) is 35.7 Å². The minimum atomic E-state index is -0.330. The lowest BCUT2D eigenvalue weighted by Gasteiger charge is -2.12. The Kier molecular flexibility index (Phi) is 2.97. The summed E-state index contributed by atoms with van der Waals surface area (Å²) in [6.45, 7) is 1.95. The van der Waals surface area contributed by atoms with Gasteiger partial charge in [-0.3, -0.25) is 4.98 Å². The van der Waals surface area contributed by atoms with Crippen molar-refractivity contribution in [3.63, 3.8) is 0 Å². The van der Waals surface area contributed by atoms with Gasteiger partial charge in [0.2, 0.25) is 0 Å². The van der Waals surface area contributed by atoms with E-state index >= 15 is 0 Å². The second-order valence-corrected chi connectivity index (χ2v) is 3.83. The van der Waals surface area contributed by atoms with Crippen molar-refractivity contribution in [1.29, 1.82) is 0 Å². The SMILES string of the molecule is Cc1cncc(C(N)c2cccc(F)c2)c1. The first kappa shape index (κ1) is 10.8. The Bertz CT molecular complexity index is 451. The van der Waals surface area contributed by atoms with Crippen LogP contribution in [0.15, 0.2) is 42.7 Å². The van der Waals surface area contributed by atoms with Crippen LogP contribution < -0.4 is 5.73 Å². The lowest BCUT2D eigenvalue weighted by Crippen LogP contribution is -2.12. The molecule has 1 heterocycles. The number of benzene rings is 1. The molecule has 2 rings (SSSR count). The number of aromatic nitrogens is 1. The van der Waals surface area contributed by atoms with Gasteiger partial charge in [0.25, 0.3) is 0 Å². The third kappa shape index (κ3) is 2.25. The summed E-state index contributed by atoms with van der Waals surface area (Å²) in [5.74, 6) is -0.270. The van der Waals surface area contributed by atoms with Crippen LogP contribution >= 0.6 is 0 Å². The van der Waals surface area contributed by atoms with Crippen molar-refractivity contribution in [2.24, 2.45) is 5.73 Å². The highest BCUT2D eigenvalue weighted by Gasteiger charge is 2.09. The molecule has 2 nitrogen and oxygen atoms in total. The van der Waals surface area contributed by atoms with Gasteiger partial charge in [0.15, 0.2) is 0 Å². The van der Waals surface area contributed by atoms with Gasteiger partial charge in [0.05, 0.1) is 6.04 Å². The molecule has 0 bridgehead atoms. The molecule has 2 aromatic rings. The standard InChI is InChI=1S/C13H13FN2/c1-9-5-11(8-16-7-9)13(15)10-3-2-4-12(14)6-10/h2-8,13H,15H2,1H3. The quantitative estimate of drug-likeness (QED) is 0.838.